The van der Waals surface area contributed by atoms with Gasteiger partial charge in [-0.3, -0.25) is 4.79 Å². The molecule has 2 aromatic carbocycles. The summed E-state index contributed by atoms with van der Waals surface area (Å²) in [5, 5.41) is 5.01. The van der Waals surface area contributed by atoms with Gasteiger partial charge in [-0.2, -0.15) is 0 Å². The van der Waals surface area contributed by atoms with Crippen molar-refractivity contribution in [1.29, 1.82) is 0 Å². The predicted molar refractivity (Wildman–Crippen MR) is 109 cm³/mol. The highest BCUT2D eigenvalue weighted by Gasteiger charge is 2.18. The Bertz CT molecular complexity index is 997. The van der Waals surface area contributed by atoms with Crippen molar-refractivity contribution in [2.45, 2.75) is 30.0 Å². The normalized spacial score (nSPS) is 12.5. The number of amides is 1. The Morgan fingerprint density at radius 3 is 2.48 bits per heavy atom. The number of rotatable bonds is 7. The summed E-state index contributed by atoms with van der Waals surface area (Å²) in [4.78, 5) is 14.0. The second kappa shape index (κ2) is 8.50. The van der Waals surface area contributed by atoms with Crippen LogP contribution in [0.5, 0.6) is 0 Å². The third kappa shape index (κ3) is 4.84. The summed E-state index contributed by atoms with van der Waals surface area (Å²) >= 11 is 1.61. The molecule has 1 aromatic heterocycles. The van der Waals surface area contributed by atoms with Gasteiger partial charge >= 0.3 is 0 Å². The van der Waals surface area contributed by atoms with Crippen LogP contribution in [0.3, 0.4) is 0 Å². The third-order valence-electron chi connectivity index (χ3n) is 4.25. The highest BCUT2D eigenvalue weighted by atomic mass is 32.2. The van der Waals surface area contributed by atoms with Gasteiger partial charge in [0.1, 0.15) is 0 Å². The Kier molecular flexibility index (Phi) is 6.08. The Morgan fingerprint density at radius 2 is 1.81 bits per heavy atom. The molecule has 1 N–H and O–H groups in total. The molecular weight excluding hydrogens is 378 g/mol. The maximum atomic E-state index is 12.6. The van der Waals surface area contributed by atoms with Crippen LogP contribution in [0.2, 0.25) is 0 Å². The lowest BCUT2D eigenvalue weighted by molar-refractivity contribution is 0.0936. The van der Waals surface area contributed by atoms with Gasteiger partial charge in [-0.05, 0) is 47.7 Å². The summed E-state index contributed by atoms with van der Waals surface area (Å²) in [6.07, 6.45) is 0.786. The van der Waals surface area contributed by atoms with E-state index < -0.39 is 9.84 Å². The molecule has 0 unspecified atom stereocenters. The monoisotopic (exact) mass is 399 g/mol. The van der Waals surface area contributed by atoms with Crippen LogP contribution in [-0.4, -0.2) is 14.3 Å². The van der Waals surface area contributed by atoms with Gasteiger partial charge in [0.2, 0.25) is 0 Å². The average molecular weight is 400 g/mol. The number of benzene rings is 2. The van der Waals surface area contributed by atoms with Crippen molar-refractivity contribution in [2.75, 3.05) is 0 Å². The zero-order valence-electron chi connectivity index (χ0n) is 15.0. The minimum atomic E-state index is -3.45. The lowest BCUT2D eigenvalue weighted by atomic mass is 10.1. The van der Waals surface area contributed by atoms with Gasteiger partial charge in [-0.1, -0.05) is 43.3 Å². The molecule has 3 aromatic rings. The first kappa shape index (κ1) is 19.3. The van der Waals surface area contributed by atoms with Crippen molar-refractivity contribution in [1.82, 2.24) is 5.32 Å². The van der Waals surface area contributed by atoms with E-state index in [4.69, 9.17) is 0 Å². The molecule has 0 saturated heterocycles. The maximum Gasteiger partial charge on any atom is 0.251 e. The van der Waals surface area contributed by atoms with Crippen molar-refractivity contribution in [3.05, 3.63) is 88.1 Å². The Hall–Kier alpha value is -2.44. The van der Waals surface area contributed by atoms with Crippen LogP contribution in [-0.2, 0) is 15.6 Å². The first-order chi connectivity index (χ1) is 13.0. The fourth-order valence-electron chi connectivity index (χ4n) is 2.84. The predicted octanol–water partition coefficient (Wildman–Crippen LogP) is 4.60. The molecule has 0 bridgehead atoms. The lowest BCUT2D eigenvalue weighted by Gasteiger charge is -2.16. The molecule has 0 fully saturated rings. The molecule has 0 radical (unpaired) electrons. The highest BCUT2D eigenvalue weighted by molar-refractivity contribution is 7.90. The Balaban J connectivity index is 1.76. The van der Waals surface area contributed by atoms with Gasteiger partial charge in [-0.25, -0.2) is 8.42 Å². The number of thiophene rings is 1. The fraction of sp³-hybridized carbons (Fsp3) is 0.190. The third-order valence-corrected chi connectivity index (χ3v) is 6.94. The number of sulfone groups is 1. The molecule has 0 saturated carbocycles. The standard InChI is InChI=1S/C21H21NO3S2/c1-2-19(20-12-7-13-26-20)22-21(23)17-9-6-8-16(14-17)15-27(24,25)18-10-4-3-5-11-18/h3-14,19H,2,15H2,1H3,(H,22,23)/t19-/m0/s1. The highest BCUT2D eigenvalue weighted by Crippen LogP contribution is 2.22. The van der Waals surface area contributed by atoms with Gasteiger partial charge < -0.3 is 5.32 Å². The summed E-state index contributed by atoms with van der Waals surface area (Å²) in [5.41, 5.74) is 1.06. The van der Waals surface area contributed by atoms with Gasteiger partial charge in [-0.15, -0.1) is 11.3 Å². The van der Waals surface area contributed by atoms with Crippen LogP contribution < -0.4 is 5.32 Å². The molecule has 6 heteroatoms. The molecule has 0 aliphatic carbocycles. The molecule has 0 spiro atoms. The smallest absolute Gasteiger partial charge is 0.251 e. The van der Waals surface area contributed by atoms with Crippen LogP contribution in [0.4, 0.5) is 0 Å². The van der Waals surface area contributed by atoms with E-state index in [2.05, 4.69) is 5.32 Å². The molecule has 1 heterocycles. The number of nitrogens with one attached hydrogen (secondary N) is 1. The van der Waals surface area contributed by atoms with E-state index in [-0.39, 0.29) is 22.6 Å². The molecule has 0 aliphatic rings. The molecule has 3 rings (SSSR count). The molecular formula is C21H21NO3S2. The van der Waals surface area contributed by atoms with Crippen molar-refractivity contribution in [2.24, 2.45) is 0 Å². The summed E-state index contributed by atoms with van der Waals surface area (Å²) in [5.74, 6) is -0.338. The molecule has 1 amide bonds. The van der Waals surface area contributed by atoms with E-state index >= 15 is 0 Å². The average Bonchev–Trinajstić information content (AvgIpc) is 3.21. The first-order valence-electron chi connectivity index (χ1n) is 8.70. The van der Waals surface area contributed by atoms with Crippen LogP contribution in [0, 0.1) is 0 Å². The zero-order valence-corrected chi connectivity index (χ0v) is 16.6. The minimum absolute atomic E-state index is 0.0470. The zero-order chi connectivity index (χ0) is 19.3. The summed E-state index contributed by atoms with van der Waals surface area (Å²) in [7, 11) is -3.45. The van der Waals surface area contributed by atoms with Gasteiger partial charge in [0.25, 0.3) is 5.91 Å². The topological polar surface area (TPSA) is 63.2 Å². The molecule has 27 heavy (non-hydrogen) atoms. The number of hydrogen-bond acceptors (Lipinski definition) is 4. The second-order valence-electron chi connectivity index (χ2n) is 6.22. The molecule has 4 nitrogen and oxygen atoms in total. The number of hydrogen-bond donors (Lipinski definition) is 1. The number of carbonyl (C=O) groups excluding carboxylic acids is 1. The quantitative estimate of drug-likeness (QED) is 0.631. The first-order valence-corrected chi connectivity index (χ1v) is 11.2. The van der Waals surface area contributed by atoms with Crippen LogP contribution in [0.1, 0.15) is 40.2 Å². The minimum Gasteiger partial charge on any atom is -0.344 e. The fourth-order valence-corrected chi connectivity index (χ4v) is 5.06. The molecule has 1 atom stereocenters. The van der Waals surface area contributed by atoms with E-state index in [1.165, 1.54) is 0 Å². The largest absolute Gasteiger partial charge is 0.344 e. The van der Waals surface area contributed by atoms with E-state index in [1.807, 2.05) is 24.4 Å². The Morgan fingerprint density at radius 1 is 1.04 bits per heavy atom. The SMILES string of the molecule is CC[C@H](NC(=O)c1cccc(CS(=O)(=O)c2ccccc2)c1)c1cccs1. The summed E-state index contributed by atoms with van der Waals surface area (Å²) < 4.78 is 25.1. The lowest BCUT2D eigenvalue weighted by Crippen LogP contribution is -2.27. The van der Waals surface area contributed by atoms with E-state index in [9.17, 15) is 13.2 Å². The second-order valence-corrected chi connectivity index (χ2v) is 9.19. The molecule has 140 valence electrons. The van der Waals surface area contributed by atoms with Crippen molar-refractivity contribution in [3.8, 4) is 0 Å². The van der Waals surface area contributed by atoms with Crippen LogP contribution in [0.15, 0.2) is 77.0 Å². The van der Waals surface area contributed by atoms with Gasteiger partial charge in [0.05, 0.1) is 16.7 Å². The van der Waals surface area contributed by atoms with Gasteiger partial charge in [0.15, 0.2) is 9.84 Å². The summed E-state index contributed by atoms with van der Waals surface area (Å²) in [6, 6.07) is 19.1. The van der Waals surface area contributed by atoms with Crippen LogP contribution in [0.25, 0.3) is 0 Å². The van der Waals surface area contributed by atoms with Crippen LogP contribution >= 0.6 is 11.3 Å². The van der Waals surface area contributed by atoms with Gasteiger partial charge in [0, 0.05) is 10.4 Å². The van der Waals surface area contributed by atoms with Crippen molar-refractivity contribution < 1.29 is 13.2 Å². The van der Waals surface area contributed by atoms with Crippen molar-refractivity contribution >= 4 is 27.1 Å². The summed E-state index contributed by atoms with van der Waals surface area (Å²) in [6.45, 7) is 2.02. The van der Waals surface area contributed by atoms with E-state index in [1.54, 1.807) is 65.9 Å². The Labute approximate surface area is 163 Å². The van der Waals surface area contributed by atoms with E-state index in [0.29, 0.717) is 11.1 Å². The number of carbonyl (C=O) groups is 1. The van der Waals surface area contributed by atoms with E-state index in [0.717, 1.165) is 11.3 Å². The maximum absolute atomic E-state index is 12.6. The van der Waals surface area contributed by atoms with Crippen molar-refractivity contribution in [3.63, 3.8) is 0 Å². The molecule has 0 aliphatic heterocycles.